The van der Waals surface area contributed by atoms with Crippen LogP contribution in [0.15, 0.2) is 44.7 Å². The van der Waals surface area contributed by atoms with Gasteiger partial charge in [0.25, 0.3) is 0 Å². The maximum absolute atomic E-state index is 12.2. The first-order valence-electron chi connectivity index (χ1n) is 5.12. The molecule has 0 atom stereocenters. The third-order valence-corrected chi connectivity index (χ3v) is 4.34. The Labute approximate surface area is 114 Å². The van der Waals surface area contributed by atoms with Crippen LogP contribution in [0.25, 0.3) is 0 Å². The van der Waals surface area contributed by atoms with Crippen molar-refractivity contribution in [3.05, 3.63) is 41.1 Å². The summed E-state index contributed by atoms with van der Waals surface area (Å²) in [6.07, 6.45) is 0.431. The highest BCUT2D eigenvalue weighted by Crippen LogP contribution is 2.30. The average Bonchev–Trinajstić information content (AvgIpc) is 2.88. The van der Waals surface area contributed by atoms with Gasteiger partial charge in [-0.25, -0.2) is 8.42 Å². The van der Waals surface area contributed by atoms with Gasteiger partial charge in [0.1, 0.15) is 5.75 Å². The standard InChI is InChI=1S/C12H9ClO5S/c1-17-11-4-3-9(6-10(11)13)19(15,16)12-5-2-8(7-14)18-12/h2-7H,1H3. The van der Waals surface area contributed by atoms with E-state index in [9.17, 15) is 13.2 Å². The van der Waals surface area contributed by atoms with Crippen LogP contribution in [-0.4, -0.2) is 21.8 Å². The Balaban J connectivity index is 2.50. The number of rotatable bonds is 4. The van der Waals surface area contributed by atoms with Crippen LogP contribution in [0, 0.1) is 0 Å². The highest BCUT2D eigenvalue weighted by Gasteiger charge is 2.22. The number of aldehydes is 1. The van der Waals surface area contributed by atoms with E-state index in [4.69, 9.17) is 20.8 Å². The van der Waals surface area contributed by atoms with Crippen LogP contribution in [0.1, 0.15) is 10.6 Å². The van der Waals surface area contributed by atoms with Crippen molar-refractivity contribution in [3.63, 3.8) is 0 Å². The minimum Gasteiger partial charge on any atom is -0.495 e. The van der Waals surface area contributed by atoms with Gasteiger partial charge in [0.15, 0.2) is 12.0 Å². The van der Waals surface area contributed by atoms with E-state index in [0.29, 0.717) is 12.0 Å². The van der Waals surface area contributed by atoms with Gasteiger partial charge >= 0.3 is 0 Å². The summed E-state index contributed by atoms with van der Waals surface area (Å²) >= 11 is 5.88. The van der Waals surface area contributed by atoms with E-state index in [1.807, 2.05) is 0 Å². The molecule has 1 aromatic heterocycles. The van der Waals surface area contributed by atoms with Crippen LogP contribution in [0.4, 0.5) is 0 Å². The largest absolute Gasteiger partial charge is 0.495 e. The first-order valence-corrected chi connectivity index (χ1v) is 6.99. The highest BCUT2D eigenvalue weighted by atomic mass is 35.5. The van der Waals surface area contributed by atoms with Crippen molar-refractivity contribution in [2.45, 2.75) is 9.99 Å². The van der Waals surface area contributed by atoms with Gasteiger partial charge in [0.2, 0.25) is 14.9 Å². The van der Waals surface area contributed by atoms with Crippen LogP contribution in [0.3, 0.4) is 0 Å². The monoisotopic (exact) mass is 300 g/mol. The number of methoxy groups -OCH3 is 1. The summed E-state index contributed by atoms with van der Waals surface area (Å²) in [6, 6.07) is 6.56. The van der Waals surface area contributed by atoms with Crippen molar-refractivity contribution >= 4 is 27.7 Å². The van der Waals surface area contributed by atoms with Crippen LogP contribution >= 0.6 is 11.6 Å². The van der Waals surface area contributed by atoms with E-state index < -0.39 is 9.84 Å². The van der Waals surface area contributed by atoms with Crippen molar-refractivity contribution in [1.29, 1.82) is 0 Å². The molecule has 100 valence electrons. The topological polar surface area (TPSA) is 73.6 Å². The second kappa shape index (κ2) is 5.07. The van der Waals surface area contributed by atoms with Crippen molar-refractivity contribution in [1.82, 2.24) is 0 Å². The number of hydrogen-bond acceptors (Lipinski definition) is 5. The van der Waals surface area contributed by atoms with E-state index in [1.165, 1.54) is 37.4 Å². The van der Waals surface area contributed by atoms with E-state index in [1.54, 1.807) is 0 Å². The van der Waals surface area contributed by atoms with Crippen LogP contribution in [-0.2, 0) is 9.84 Å². The normalized spacial score (nSPS) is 11.3. The number of halogens is 1. The summed E-state index contributed by atoms with van der Waals surface area (Å²) in [4.78, 5) is 10.5. The zero-order valence-electron chi connectivity index (χ0n) is 9.79. The quantitative estimate of drug-likeness (QED) is 0.811. The van der Waals surface area contributed by atoms with E-state index >= 15 is 0 Å². The maximum Gasteiger partial charge on any atom is 0.239 e. The Morgan fingerprint density at radius 3 is 2.53 bits per heavy atom. The Morgan fingerprint density at radius 1 is 1.26 bits per heavy atom. The molecule has 2 rings (SSSR count). The fourth-order valence-electron chi connectivity index (χ4n) is 1.47. The summed E-state index contributed by atoms with van der Waals surface area (Å²) in [5, 5.41) is -0.137. The molecule has 0 aliphatic carbocycles. The van der Waals surface area contributed by atoms with Gasteiger partial charge in [-0.3, -0.25) is 4.79 Å². The van der Waals surface area contributed by atoms with Crippen molar-refractivity contribution < 1.29 is 22.4 Å². The van der Waals surface area contributed by atoms with E-state index in [2.05, 4.69) is 0 Å². The summed E-state index contributed by atoms with van der Waals surface area (Å²) in [5.41, 5.74) is 0. The van der Waals surface area contributed by atoms with Gasteiger partial charge in [0, 0.05) is 0 Å². The lowest BCUT2D eigenvalue weighted by molar-refractivity contribution is 0.109. The van der Waals surface area contributed by atoms with Gasteiger partial charge in [-0.05, 0) is 30.3 Å². The molecular formula is C12H9ClO5S. The SMILES string of the molecule is COc1ccc(S(=O)(=O)c2ccc(C=O)o2)cc1Cl. The van der Waals surface area contributed by atoms with Gasteiger partial charge < -0.3 is 9.15 Å². The predicted octanol–water partition coefficient (Wildman–Crippen LogP) is 2.59. The third kappa shape index (κ3) is 2.50. The molecule has 2 aromatic rings. The van der Waals surface area contributed by atoms with Crippen LogP contribution < -0.4 is 4.74 Å². The zero-order valence-corrected chi connectivity index (χ0v) is 11.4. The second-order valence-electron chi connectivity index (χ2n) is 3.57. The predicted molar refractivity (Wildman–Crippen MR) is 67.6 cm³/mol. The summed E-state index contributed by atoms with van der Waals surface area (Å²) < 4.78 is 34.3. The number of hydrogen-bond donors (Lipinski definition) is 0. The van der Waals surface area contributed by atoms with Crippen LogP contribution in [0.2, 0.25) is 5.02 Å². The first kappa shape index (κ1) is 13.6. The van der Waals surface area contributed by atoms with Crippen molar-refractivity contribution in [2.75, 3.05) is 7.11 Å². The molecule has 0 amide bonds. The lowest BCUT2D eigenvalue weighted by Crippen LogP contribution is -2.01. The lowest BCUT2D eigenvalue weighted by atomic mass is 10.3. The first-order chi connectivity index (χ1) is 8.98. The van der Waals surface area contributed by atoms with Crippen LogP contribution in [0.5, 0.6) is 5.75 Å². The molecule has 0 aliphatic heterocycles. The fourth-order valence-corrected chi connectivity index (χ4v) is 3.00. The zero-order chi connectivity index (χ0) is 14.0. The second-order valence-corrected chi connectivity index (χ2v) is 5.86. The maximum atomic E-state index is 12.2. The van der Waals surface area contributed by atoms with Crippen molar-refractivity contribution in [2.24, 2.45) is 0 Å². The minimum absolute atomic E-state index is 0.0369. The summed E-state index contributed by atoms with van der Waals surface area (Å²) in [5.74, 6) is 0.312. The molecule has 0 radical (unpaired) electrons. The minimum atomic E-state index is -3.84. The van der Waals surface area contributed by atoms with Gasteiger partial charge in [-0.1, -0.05) is 11.6 Å². The molecule has 0 spiro atoms. The average molecular weight is 301 g/mol. The molecular weight excluding hydrogens is 292 g/mol. The Hall–Kier alpha value is -1.79. The Kier molecular flexibility index (Phi) is 3.64. The molecule has 1 aromatic carbocycles. The summed E-state index contributed by atoms with van der Waals surface area (Å²) in [6.45, 7) is 0. The molecule has 5 nitrogen and oxygen atoms in total. The number of carbonyl (C=O) groups excluding carboxylic acids is 1. The van der Waals surface area contributed by atoms with Crippen molar-refractivity contribution in [3.8, 4) is 5.75 Å². The molecule has 0 saturated carbocycles. The Bertz CT molecular complexity index is 717. The number of benzene rings is 1. The molecule has 1 heterocycles. The fraction of sp³-hybridized carbons (Fsp3) is 0.0833. The smallest absolute Gasteiger partial charge is 0.239 e. The van der Waals surface area contributed by atoms with E-state index in [0.717, 1.165) is 0 Å². The molecule has 0 bridgehead atoms. The van der Waals surface area contributed by atoms with Gasteiger partial charge in [-0.15, -0.1) is 0 Å². The Morgan fingerprint density at radius 2 is 2.00 bits per heavy atom. The third-order valence-electron chi connectivity index (χ3n) is 2.42. The number of carbonyl (C=O) groups is 1. The molecule has 0 saturated heterocycles. The molecule has 19 heavy (non-hydrogen) atoms. The summed E-state index contributed by atoms with van der Waals surface area (Å²) in [7, 11) is -2.41. The number of furan rings is 1. The van der Waals surface area contributed by atoms with E-state index in [-0.39, 0.29) is 20.8 Å². The molecule has 0 unspecified atom stereocenters. The van der Waals surface area contributed by atoms with Gasteiger partial charge in [-0.2, -0.15) is 0 Å². The molecule has 0 fully saturated rings. The molecule has 0 aliphatic rings. The molecule has 7 heteroatoms. The van der Waals surface area contributed by atoms with Gasteiger partial charge in [0.05, 0.1) is 17.0 Å². The lowest BCUT2D eigenvalue weighted by Gasteiger charge is -2.05. The number of sulfone groups is 1. The highest BCUT2D eigenvalue weighted by molar-refractivity contribution is 7.91. The number of ether oxygens (including phenoxy) is 1. The molecule has 0 N–H and O–H groups in total.